The van der Waals surface area contributed by atoms with Crippen LogP contribution < -0.4 is 5.32 Å². The summed E-state index contributed by atoms with van der Waals surface area (Å²) in [6.07, 6.45) is 6.40. The first-order valence-corrected chi connectivity index (χ1v) is 4.56. The van der Waals surface area contributed by atoms with Gasteiger partial charge in [0.25, 0.3) is 0 Å². The van der Waals surface area contributed by atoms with Gasteiger partial charge in [0, 0.05) is 12.4 Å². The molecule has 0 aliphatic heterocycles. The zero-order chi connectivity index (χ0) is 9.68. The molecule has 0 saturated carbocycles. The number of halogens is 1. The van der Waals surface area contributed by atoms with Gasteiger partial charge in [-0.05, 0) is 35.0 Å². The largest absolute Gasteiger partial charge is 0.321 e. The molecular weight excluding hydrogens is 232 g/mol. The second kappa shape index (κ2) is 4.77. The molecule has 0 aliphatic carbocycles. The fourth-order valence-electron chi connectivity index (χ4n) is 0.802. The third-order valence-corrected chi connectivity index (χ3v) is 1.98. The summed E-state index contributed by atoms with van der Waals surface area (Å²) in [5, 5.41) is 2.70. The van der Waals surface area contributed by atoms with Crippen LogP contribution in [-0.4, -0.2) is 10.9 Å². The van der Waals surface area contributed by atoms with E-state index in [9.17, 15) is 4.79 Å². The molecule has 0 spiro atoms. The fraction of sp³-hybridized carbons (Fsp3) is 0.111. The fourth-order valence-corrected chi connectivity index (χ4v) is 1.15. The van der Waals surface area contributed by atoms with E-state index in [1.165, 1.54) is 6.08 Å². The smallest absolute Gasteiger partial charge is 0.248 e. The molecule has 68 valence electrons. The summed E-state index contributed by atoms with van der Waals surface area (Å²) in [6.45, 7) is 1.79. The van der Waals surface area contributed by atoms with Crippen molar-refractivity contribution in [1.82, 2.24) is 4.98 Å². The number of carbonyl (C=O) groups excluding carboxylic acids is 1. The Kier molecular flexibility index (Phi) is 3.64. The van der Waals surface area contributed by atoms with Gasteiger partial charge in [0.15, 0.2) is 0 Å². The normalized spacial score (nSPS) is 10.3. The lowest BCUT2D eigenvalue weighted by Gasteiger charge is -2.02. The van der Waals surface area contributed by atoms with Gasteiger partial charge < -0.3 is 5.32 Å². The van der Waals surface area contributed by atoms with E-state index in [2.05, 4.69) is 26.2 Å². The quantitative estimate of drug-likeness (QED) is 0.807. The van der Waals surface area contributed by atoms with E-state index < -0.39 is 0 Å². The zero-order valence-electron chi connectivity index (χ0n) is 7.12. The average Bonchev–Trinajstić information content (AvgIpc) is 2.09. The Labute approximate surface area is 85.0 Å². The number of amides is 1. The first-order valence-electron chi connectivity index (χ1n) is 3.77. The molecule has 0 aromatic carbocycles. The summed E-state index contributed by atoms with van der Waals surface area (Å²) < 4.78 is 0.771. The molecule has 1 aromatic heterocycles. The molecule has 0 radical (unpaired) electrons. The topological polar surface area (TPSA) is 42.0 Å². The Balaban J connectivity index is 2.74. The molecule has 1 amide bonds. The molecule has 3 nitrogen and oxygen atoms in total. The Morgan fingerprint density at radius 1 is 1.69 bits per heavy atom. The van der Waals surface area contributed by atoms with Crippen LogP contribution in [-0.2, 0) is 4.79 Å². The second-order valence-electron chi connectivity index (χ2n) is 2.34. The highest BCUT2D eigenvalue weighted by atomic mass is 79.9. The molecule has 0 bridgehead atoms. The van der Waals surface area contributed by atoms with Crippen LogP contribution in [0.25, 0.3) is 0 Å². The van der Waals surface area contributed by atoms with Crippen LogP contribution in [0.3, 0.4) is 0 Å². The van der Waals surface area contributed by atoms with E-state index in [0.717, 1.165) is 10.2 Å². The second-order valence-corrected chi connectivity index (χ2v) is 3.20. The Morgan fingerprint density at radius 3 is 3.08 bits per heavy atom. The number of carbonyl (C=O) groups is 1. The molecule has 0 unspecified atom stereocenters. The molecule has 0 atom stereocenters. The number of rotatable bonds is 2. The molecule has 4 heteroatoms. The molecule has 0 saturated heterocycles. The van der Waals surface area contributed by atoms with Crippen LogP contribution in [0.2, 0.25) is 0 Å². The summed E-state index contributed by atoms with van der Waals surface area (Å²) in [5.74, 6) is -0.144. The van der Waals surface area contributed by atoms with Crippen molar-refractivity contribution < 1.29 is 4.79 Å². The van der Waals surface area contributed by atoms with Crippen molar-refractivity contribution in [2.45, 2.75) is 6.92 Å². The van der Waals surface area contributed by atoms with Gasteiger partial charge in [-0.2, -0.15) is 0 Å². The lowest BCUT2D eigenvalue weighted by molar-refractivity contribution is -0.111. The number of nitrogens with zero attached hydrogens (tertiary/aromatic N) is 1. The summed E-state index contributed by atoms with van der Waals surface area (Å²) in [5.41, 5.74) is 0.720. The van der Waals surface area contributed by atoms with E-state index >= 15 is 0 Å². The van der Waals surface area contributed by atoms with Gasteiger partial charge in [0.1, 0.15) is 0 Å². The molecule has 1 aromatic rings. The van der Waals surface area contributed by atoms with Crippen LogP contribution in [0.15, 0.2) is 35.1 Å². The Bertz CT molecular complexity index is 336. The van der Waals surface area contributed by atoms with Gasteiger partial charge in [-0.3, -0.25) is 9.78 Å². The summed E-state index contributed by atoms with van der Waals surface area (Å²) in [7, 11) is 0. The number of anilines is 1. The maximum absolute atomic E-state index is 11.1. The number of hydrogen-bond donors (Lipinski definition) is 1. The standard InChI is InChI=1S/C9H9BrN2O/c1-2-3-9(13)12-8-4-5-11-6-7(8)10/h2-6H,1H3,(H,11,12,13)/b3-2+. The van der Waals surface area contributed by atoms with E-state index in [0.29, 0.717) is 0 Å². The summed E-state index contributed by atoms with van der Waals surface area (Å²) in [4.78, 5) is 15.0. The SMILES string of the molecule is C/C=C/C(=O)Nc1ccncc1Br. The van der Waals surface area contributed by atoms with Crippen LogP contribution in [0, 0.1) is 0 Å². The van der Waals surface area contributed by atoms with Gasteiger partial charge >= 0.3 is 0 Å². The van der Waals surface area contributed by atoms with Crippen molar-refractivity contribution in [2.75, 3.05) is 5.32 Å². The van der Waals surface area contributed by atoms with Crippen LogP contribution in [0.1, 0.15) is 6.92 Å². The number of hydrogen-bond acceptors (Lipinski definition) is 2. The van der Waals surface area contributed by atoms with Crippen LogP contribution >= 0.6 is 15.9 Å². The van der Waals surface area contributed by atoms with Gasteiger partial charge in [0.2, 0.25) is 5.91 Å². The first-order chi connectivity index (χ1) is 6.24. The lowest BCUT2D eigenvalue weighted by Crippen LogP contribution is -2.08. The predicted octanol–water partition coefficient (Wildman–Crippen LogP) is 2.36. The molecule has 1 rings (SSSR count). The number of aromatic nitrogens is 1. The molecule has 13 heavy (non-hydrogen) atoms. The minimum Gasteiger partial charge on any atom is -0.321 e. The highest BCUT2D eigenvalue weighted by Crippen LogP contribution is 2.19. The zero-order valence-corrected chi connectivity index (χ0v) is 8.71. The van der Waals surface area contributed by atoms with Crippen molar-refractivity contribution in [3.63, 3.8) is 0 Å². The lowest BCUT2D eigenvalue weighted by atomic mass is 10.4. The van der Waals surface area contributed by atoms with Crippen molar-refractivity contribution >= 4 is 27.5 Å². The van der Waals surface area contributed by atoms with Gasteiger partial charge in [-0.25, -0.2) is 0 Å². The summed E-state index contributed by atoms with van der Waals surface area (Å²) >= 11 is 3.27. The van der Waals surface area contributed by atoms with E-state index in [1.807, 2.05) is 0 Å². The van der Waals surface area contributed by atoms with E-state index in [4.69, 9.17) is 0 Å². The third kappa shape index (κ3) is 2.99. The third-order valence-electron chi connectivity index (χ3n) is 1.35. The van der Waals surface area contributed by atoms with Crippen molar-refractivity contribution in [2.24, 2.45) is 0 Å². The Morgan fingerprint density at radius 2 is 2.46 bits per heavy atom. The molecule has 1 N–H and O–H groups in total. The van der Waals surface area contributed by atoms with Crippen LogP contribution in [0.4, 0.5) is 5.69 Å². The van der Waals surface area contributed by atoms with Gasteiger partial charge in [-0.1, -0.05) is 6.08 Å². The van der Waals surface area contributed by atoms with Gasteiger partial charge in [-0.15, -0.1) is 0 Å². The summed E-state index contributed by atoms with van der Waals surface area (Å²) in [6, 6.07) is 1.73. The number of pyridine rings is 1. The maximum atomic E-state index is 11.1. The van der Waals surface area contributed by atoms with Crippen molar-refractivity contribution in [3.8, 4) is 0 Å². The van der Waals surface area contributed by atoms with E-state index in [-0.39, 0.29) is 5.91 Å². The molecule has 1 heterocycles. The highest BCUT2D eigenvalue weighted by molar-refractivity contribution is 9.10. The maximum Gasteiger partial charge on any atom is 0.248 e. The van der Waals surface area contributed by atoms with E-state index in [1.54, 1.807) is 31.5 Å². The minimum absolute atomic E-state index is 0.144. The van der Waals surface area contributed by atoms with Gasteiger partial charge in [0.05, 0.1) is 10.2 Å². The monoisotopic (exact) mass is 240 g/mol. The molecule has 0 aliphatic rings. The van der Waals surface area contributed by atoms with Crippen LogP contribution in [0.5, 0.6) is 0 Å². The average molecular weight is 241 g/mol. The molecular formula is C9H9BrN2O. The van der Waals surface area contributed by atoms with Crippen molar-refractivity contribution in [3.05, 3.63) is 35.1 Å². The minimum atomic E-state index is -0.144. The van der Waals surface area contributed by atoms with Crippen molar-refractivity contribution in [1.29, 1.82) is 0 Å². The number of allylic oxidation sites excluding steroid dienone is 1. The highest BCUT2D eigenvalue weighted by Gasteiger charge is 2.00. The number of nitrogens with one attached hydrogen (secondary N) is 1. The Hall–Kier alpha value is -1.16. The first kappa shape index (κ1) is 9.92. The molecule has 0 fully saturated rings. The predicted molar refractivity (Wildman–Crippen MR) is 55.4 cm³/mol.